The van der Waals surface area contributed by atoms with Gasteiger partial charge in [0.2, 0.25) is 0 Å². The maximum Gasteiger partial charge on any atom is 0.328 e. The molecule has 2 heterocycles. The van der Waals surface area contributed by atoms with Crippen molar-refractivity contribution in [3.8, 4) is 0 Å². The highest BCUT2D eigenvalue weighted by molar-refractivity contribution is 6.06. The normalized spacial score (nSPS) is 10.8. The molecule has 1 aromatic carbocycles. The number of aromatic nitrogens is 3. The van der Waals surface area contributed by atoms with E-state index in [2.05, 4.69) is 20.4 Å². The number of carbonyl (C=O) groups excluding carboxylic acids is 1. The van der Waals surface area contributed by atoms with E-state index in [0.717, 1.165) is 10.9 Å². The second-order valence-corrected chi connectivity index (χ2v) is 4.10. The summed E-state index contributed by atoms with van der Waals surface area (Å²) in [5.74, 6) is 0.0930. The molecule has 0 radical (unpaired) electrons. The van der Waals surface area contributed by atoms with Crippen LogP contribution in [0.5, 0.6) is 0 Å². The molecule has 0 aliphatic rings. The summed E-state index contributed by atoms with van der Waals surface area (Å²) in [6.45, 7) is 1.67. The maximum atomic E-state index is 12.0. The first-order chi connectivity index (χ1) is 9.13. The number of benzene rings is 1. The number of rotatable bonds is 2. The SMILES string of the molecule is Cc1noc(NC(=O)c2cc3cccc(N)c3[nH]2)n1. The third kappa shape index (κ3) is 2.01. The number of anilines is 2. The van der Waals surface area contributed by atoms with Crippen LogP contribution < -0.4 is 11.1 Å². The van der Waals surface area contributed by atoms with Crippen molar-refractivity contribution >= 4 is 28.5 Å². The molecule has 19 heavy (non-hydrogen) atoms. The molecule has 3 aromatic rings. The van der Waals surface area contributed by atoms with Gasteiger partial charge in [0.25, 0.3) is 5.91 Å². The molecule has 3 rings (SSSR count). The highest BCUT2D eigenvalue weighted by atomic mass is 16.5. The maximum absolute atomic E-state index is 12.0. The number of nitrogens with one attached hydrogen (secondary N) is 2. The van der Waals surface area contributed by atoms with E-state index in [1.807, 2.05) is 12.1 Å². The van der Waals surface area contributed by atoms with E-state index in [4.69, 9.17) is 10.3 Å². The van der Waals surface area contributed by atoms with Crippen LogP contribution in [0.25, 0.3) is 10.9 Å². The van der Waals surface area contributed by atoms with Crippen LogP contribution in [0, 0.1) is 6.92 Å². The van der Waals surface area contributed by atoms with Crippen molar-refractivity contribution in [2.75, 3.05) is 11.1 Å². The van der Waals surface area contributed by atoms with Crippen LogP contribution in [-0.2, 0) is 0 Å². The summed E-state index contributed by atoms with van der Waals surface area (Å²) in [6.07, 6.45) is 0. The molecular formula is C12H11N5O2. The number of carbonyl (C=O) groups is 1. The Labute approximate surface area is 107 Å². The Morgan fingerprint density at radius 1 is 1.47 bits per heavy atom. The van der Waals surface area contributed by atoms with E-state index in [1.54, 1.807) is 19.1 Å². The van der Waals surface area contributed by atoms with Gasteiger partial charge in [0.15, 0.2) is 5.82 Å². The minimum absolute atomic E-state index is 0.0640. The monoisotopic (exact) mass is 257 g/mol. The van der Waals surface area contributed by atoms with Crippen LogP contribution in [0.2, 0.25) is 0 Å². The van der Waals surface area contributed by atoms with Crippen LogP contribution >= 0.6 is 0 Å². The Bertz CT molecular complexity index is 758. The van der Waals surface area contributed by atoms with Gasteiger partial charge in [0.05, 0.1) is 11.2 Å². The van der Waals surface area contributed by atoms with Crippen molar-refractivity contribution in [1.29, 1.82) is 0 Å². The van der Waals surface area contributed by atoms with Crippen LogP contribution in [0.3, 0.4) is 0 Å². The first-order valence-corrected chi connectivity index (χ1v) is 5.62. The summed E-state index contributed by atoms with van der Waals surface area (Å²) in [5.41, 5.74) is 7.52. The largest absolute Gasteiger partial charge is 0.397 e. The summed E-state index contributed by atoms with van der Waals surface area (Å²) in [6, 6.07) is 7.24. The van der Waals surface area contributed by atoms with Gasteiger partial charge in [-0.3, -0.25) is 10.1 Å². The molecule has 0 bridgehead atoms. The Hall–Kier alpha value is -2.83. The summed E-state index contributed by atoms with van der Waals surface area (Å²) in [7, 11) is 0. The average molecular weight is 257 g/mol. The van der Waals surface area contributed by atoms with Gasteiger partial charge in [0.1, 0.15) is 5.69 Å². The van der Waals surface area contributed by atoms with E-state index in [1.165, 1.54) is 0 Å². The third-order valence-corrected chi connectivity index (χ3v) is 2.68. The van der Waals surface area contributed by atoms with E-state index >= 15 is 0 Å². The zero-order chi connectivity index (χ0) is 13.4. The average Bonchev–Trinajstić information content (AvgIpc) is 2.96. The lowest BCUT2D eigenvalue weighted by Crippen LogP contribution is -2.12. The Balaban J connectivity index is 1.91. The summed E-state index contributed by atoms with van der Waals surface area (Å²) in [5, 5.41) is 6.96. The molecular weight excluding hydrogens is 246 g/mol. The molecule has 2 aromatic heterocycles. The van der Waals surface area contributed by atoms with E-state index in [9.17, 15) is 4.79 Å². The predicted molar refractivity (Wildman–Crippen MR) is 69.7 cm³/mol. The number of hydrogen-bond donors (Lipinski definition) is 3. The molecule has 7 heteroatoms. The number of nitrogen functional groups attached to an aromatic ring is 1. The lowest BCUT2D eigenvalue weighted by Gasteiger charge is -1.96. The van der Waals surface area contributed by atoms with Gasteiger partial charge in [0, 0.05) is 5.39 Å². The molecule has 96 valence electrons. The number of fused-ring (bicyclic) bond motifs is 1. The Morgan fingerprint density at radius 2 is 2.32 bits per heavy atom. The van der Waals surface area contributed by atoms with Crippen LogP contribution in [-0.4, -0.2) is 21.0 Å². The van der Waals surface area contributed by atoms with Crippen molar-refractivity contribution in [2.45, 2.75) is 6.92 Å². The van der Waals surface area contributed by atoms with Gasteiger partial charge in [-0.2, -0.15) is 4.98 Å². The van der Waals surface area contributed by atoms with Crippen molar-refractivity contribution in [3.63, 3.8) is 0 Å². The molecule has 0 aliphatic heterocycles. The first kappa shape index (κ1) is 11.3. The molecule has 0 saturated carbocycles. The van der Waals surface area contributed by atoms with Crippen molar-refractivity contribution in [3.05, 3.63) is 35.8 Å². The first-order valence-electron chi connectivity index (χ1n) is 5.62. The molecule has 7 nitrogen and oxygen atoms in total. The number of nitrogens with two attached hydrogens (primary N) is 1. The molecule has 1 amide bonds. The van der Waals surface area contributed by atoms with Gasteiger partial charge in [-0.25, -0.2) is 0 Å². The van der Waals surface area contributed by atoms with Gasteiger partial charge in [-0.05, 0) is 19.1 Å². The highest BCUT2D eigenvalue weighted by Crippen LogP contribution is 2.21. The number of aryl methyl sites for hydroxylation is 1. The Morgan fingerprint density at radius 3 is 3.00 bits per heavy atom. The summed E-state index contributed by atoms with van der Waals surface area (Å²) < 4.78 is 4.82. The predicted octanol–water partition coefficient (Wildman–Crippen LogP) is 1.69. The number of H-pyrrole nitrogens is 1. The van der Waals surface area contributed by atoms with Crippen LogP contribution in [0.15, 0.2) is 28.8 Å². The molecule has 0 unspecified atom stereocenters. The fraction of sp³-hybridized carbons (Fsp3) is 0.0833. The van der Waals surface area contributed by atoms with Crippen molar-refractivity contribution in [1.82, 2.24) is 15.1 Å². The molecule has 0 fully saturated rings. The second-order valence-electron chi connectivity index (χ2n) is 4.10. The minimum Gasteiger partial charge on any atom is -0.397 e. The molecule has 0 spiro atoms. The number of hydrogen-bond acceptors (Lipinski definition) is 5. The number of nitrogens with zero attached hydrogens (tertiary/aromatic N) is 2. The standard InChI is InChI=1S/C12H11N5O2/c1-6-14-12(19-17-6)16-11(18)9-5-7-3-2-4-8(13)10(7)15-9/h2-5,15H,13H2,1H3,(H,14,16,17,18). The zero-order valence-corrected chi connectivity index (χ0v) is 10.1. The van der Waals surface area contributed by atoms with Crippen LogP contribution in [0.1, 0.15) is 16.3 Å². The minimum atomic E-state index is -0.362. The number of para-hydroxylation sites is 1. The quantitative estimate of drug-likeness (QED) is 0.605. The van der Waals surface area contributed by atoms with Gasteiger partial charge in [-0.1, -0.05) is 17.3 Å². The van der Waals surface area contributed by atoms with E-state index < -0.39 is 0 Å². The smallest absolute Gasteiger partial charge is 0.328 e. The molecule has 0 saturated heterocycles. The molecule has 4 N–H and O–H groups in total. The van der Waals surface area contributed by atoms with Gasteiger partial charge >= 0.3 is 6.01 Å². The van der Waals surface area contributed by atoms with Crippen LogP contribution in [0.4, 0.5) is 11.7 Å². The zero-order valence-electron chi connectivity index (χ0n) is 10.1. The topological polar surface area (TPSA) is 110 Å². The van der Waals surface area contributed by atoms with E-state index in [-0.39, 0.29) is 11.9 Å². The fourth-order valence-corrected chi connectivity index (χ4v) is 1.81. The Kier molecular flexibility index (Phi) is 2.45. The summed E-state index contributed by atoms with van der Waals surface area (Å²) >= 11 is 0. The number of aromatic amines is 1. The van der Waals surface area contributed by atoms with Gasteiger partial charge < -0.3 is 15.2 Å². The van der Waals surface area contributed by atoms with Gasteiger partial charge in [-0.15, -0.1) is 0 Å². The third-order valence-electron chi connectivity index (χ3n) is 2.68. The van der Waals surface area contributed by atoms with Crippen molar-refractivity contribution in [2.24, 2.45) is 0 Å². The summed E-state index contributed by atoms with van der Waals surface area (Å²) in [4.78, 5) is 18.9. The van der Waals surface area contributed by atoms with Crippen molar-refractivity contribution < 1.29 is 9.32 Å². The molecule has 0 aliphatic carbocycles. The van der Waals surface area contributed by atoms with E-state index in [0.29, 0.717) is 17.2 Å². The lowest BCUT2D eigenvalue weighted by atomic mass is 10.2. The molecule has 0 atom stereocenters. The number of amides is 1. The lowest BCUT2D eigenvalue weighted by molar-refractivity contribution is 0.101. The highest BCUT2D eigenvalue weighted by Gasteiger charge is 2.13. The second kappa shape index (κ2) is 4.13. The fourth-order valence-electron chi connectivity index (χ4n) is 1.81.